The van der Waals surface area contributed by atoms with Crippen molar-refractivity contribution in [3.8, 4) is 11.5 Å². The maximum Gasteiger partial charge on any atom is 0.338 e. The summed E-state index contributed by atoms with van der Waals surface area (Å²) in [5, 5.41) is 0. The van der Waals surface area contributed by atoms with Gasteiger partial charge in [0, 0.05) is 18.0 Å². The predicted octanol–water partition coefficient (Wildman–Crippen LogP) is 2.85. The maximum atomic E-state index is 11.7. The van der Waals surface area contributed by atoms with E-state index in [0.717, 1.165) is 5.56 Å². The minimum absolute atomic E-state index is 0.330. The molecule has 0 radical (unpaired) electrons. The first-order valence-electron chi connectivity index (χ1n) is 6.61. The third-order valence-electron chi connectivity index (χ3n) is 2.79. The molecule has 0 saturated heterocycles. The smallest absolute Gasteiger partial charge is 0.338 e. The molecule has 2 aromatic rings. The Morgan fingerprint density at radius 2 is 2.10 bits per heavy atom. The molecule has 110 valence electrons. The van der Waals surface area contributed by atoms with Gasteiger partial charge >= 0.3 is 5.97 Å². The maximum absolute atomic E-state index is 11.7. The second-order valence-electron chi connectivity index (χ2n) is 4.24. The fraction of sp³-hybridized carbons (Fsp3) is 0.250. The molecule has 0 atom stereocenters. The van der Waals surface area contributed by atoms with Gasteiger partial charge in [-0.25, -0.2) is 4.79 Å². The van der Waals surface area contributed by atoms with Crippen LogP contribution in [0.3, 0.4) is 0 Å². The Balaban J connectivity index is 2.16. The Labute approximate surface area is 123 Å². The van der Waals surface area contributed by atoms with Crippen molar-refractivity contribution >= 4 is 5.97 Å². The number of methoxy groups -OCH3 is 1. The second-order valence-corrected chi connectivity index (χ2v) is 4.24. The van der Waals surface area contributed by atoms with Gasteiger partial charge in [-0.2, -0.15) is 0 Å². The second kappa shape index (κ2) is 7.28. The molecular formula is C16H17NO4. The number of hydrogen-bond donors (Lipinski definition) is 0. The van der Waals surface area contributed by atoms with Crippen molar-refractivity contribution in [3.05, 3.63) is 53.9 Å². The first-order valence-corrected chi connectivity index (χ1v) is 6.61. The van der Waals surface area contributed by atoms with E-state index in [0.29, 0.717) is 30.3 Å². The van der Waals surface area contributed by atoms with Crippen LogP contribution < -0.4 is 9.47 Å². The molecule has 2 rings (SSSR count). The van der Waals surface area contributed by atoms with Crippen LogP contribution in [-0.4, -0.2) is 24.7 Å². The number of carbonyl (C=O) groups excluding carboxylic acids is 1. The molecule has 0 spiro atoms. The molecule has 0 amide bonds. The quantitative estimate of drug-likeness (QED) is 0.765. The van der Waals surface area contributed by atoms with Crippen LogP contribution in [0.25, 0.3) is 0 Å². The summed E-state index contributed by atoms with van der Waals surface area (Å²) in [5.41, 5.74) is 1.36. The molecule has 0 N–H and O–H groups in total. The lowest BCUT2D eigenvalue weighted by Gasteiger charge is -2.12. The van der Waals surface area contributed by atoms with E-state index in [2.05, 4.69) is 4.98 Å². The highest BCUT2D eigenvalue weighted by atomic mass is 16.5. The van der Waals surface area contributed by atoms with Gasteiger partial charge in [-0.3, -0.25) is 4.98 Å². The molecule has 1 aromatic carbocycles. The van der Waals surface area contributed by atoms with Gasteiger partial charge in [0.05, 0.1) is 19.3 Å². The number of carbonyl (C=O) groups is 1. The number of esters is 1. The molecule has 1 heterocycles. The molecule has 0 aliphatic carbocycles. The van der Waals surface area contributed by atoms with E-state index in [-0.39, 0.29) is 5.97 Å². The fourth-order valence-electron chi connectivity index (χ4n) is 1.78. The van der Waals surface area contributed by atoms with Gasteiger partial charge in [0.15, 0.2) is 11.5 Å². The standard InChI is InChI=1S/C16H17NO4/c1-3-20-16(18)13-6-7-14(19-2)15(9-13)21-11-12-5-4-8-17-10-12/h4-10H,3,11H2,1-2H3. The lowest BCUT2D eigenvalue weighted by atomic mass is 10.2. The van der Waals surface area contributed by atoms with Crippen molar-refractivity contribution in [1.82, 2.24) is 4.98 Å². The molecule has 0 fully saturated rings. The van der Waals surface area contributed by atoms with E-state index >= 15 is 0 Å². The largest absolute Gasteiger partial charge is 0.493 e. The summed E-state index contributed by atoms with van der Waals surface area (Å²) < 4.78 is 15.9. The highest BCUT2D eigenvalue weighted by molar-refractivity contribution is 5.90. The average Bonchev–Trinajstić information content (AvgIpc) is 2.54. The third-order valence-corrected chi connectivity index (χ3v) is 2.79. The van der Waals surface area contributed by atoms with Crippen LogP contribution in [0, 0.1) is 0 Å². The number of ether oxygens (including phenoxy) is 3. The molecule has 0 aliphatic heterocycles. The Morgan fingerprint density at radius 3 is 2.76 bits per heavy atom. The zero-order valence-electron chi connectivity index (χ0n) is 12.0. The summed E-state index contributed by atoms with van der Waals surface area (Å²) in [6.45, 7) is 2.44. The van der Waals surface area contributed by atoms with Crippen LogP contribution >= 0.6 is 0 Å². The van der Waals surface area contributed by atoms with Crippen molar-refractivity contribution in [2.24, 2.45) is 0 Å². The minimum atomic E-state index is -0.383. The lowest BCUT2D eigenvalue weighted by molar-refractivity contribution is 0.0525. The Bertz CT molecular complexity index is 598. The normalized spacial score (nSPS) is 10.0. The van der Waals surface area contributed by atoms with E-state index in [9.17, 15) is 4.79 Å². The third kappa shape index (κ3) is 3.95. The molecule has 0 saturated carbocycles. The number of pyridine rings is 1. The molecule has 0 aliphatic rings. The SMILES string of the molecule is CCOC(=O)c1ccc(OC)c(OCc2cccnc2)c1. The van der Waals surface area contributed by atoms with Gasteiger partial charge in [0.1, 0.15) is 6.61 Å². The number of benzene rings is 1. The van der Waals surface area contributed by atoms with Gasteiger partial charge in [-0.05, 0) is 31.2 Å². The summed E-state index contributed by atoms with van der Waals surface area (Å²) in [6.07, 6.45) is 3.42. The van der Waals surface area contributed by atoms with Crippen molar-refractivity contribution in [3.63, 3.8) is 0 Å². The number of nitrogens with zero attached hydrogens (tertiary/aromatic N) is 1. The number of aromatic nitrogens is 1. The van der Waals surface area contributed by atoms with Gasteiger partial charge < -0.3 is 14.2 Å². The van der Waals surface area contributed by atoms with E-state index in [1.54, 1.807) is 44.6 Å². The summed E-state index contributed by atoms with van der Waals surface area (Å²) in [7, 11) is 1.55. The summed E-state index contributed by atoms with van der Waals surface area (Å²) in [4.78, 5) is 15.8. The van der Waals surface area contributed by atoms with Crippen molar-refractivity contribution in [2.75, 3.05) is 13.7 Å². The fourth-order valence-corrected chi connectivity index (χ4v) is 1.78. The van der Waals surface area contributed by atoms with Gasteiger partial charge in [-0.1, -0.05) is 6.07 Å². The molecule has 0 bridgehead atoms. The first-order chi connectivity index (χ1) is 10.2. The van der Waals surface area contributed by atoms with Crippen LogP contribution in [-0.2, 0) is 11.3 Å². The van der Waals surface area contributed by atoms with Crippen molar-refractivity contribution in [1.29, 1.82) is 0 Å². The van der Waals surface area contributed by atoms with Crippen LogP contribution in [0.2, 0.25) is 0 Å². The molecular weight excluding hydrogens is 270 g/mol. The topological polar surface area (TPSA) is 57.7 Å². The Hall–Kier alpha value is -2.56. The minimum Gasteiger partial charge on any atom is -0.493 e. The molecule has 1 aromatic heterocycles. The highest BCUT2D eigenvalue weighted by Crippen LogP contribution is 2.29. The molecule has 0 unspecified atom stereocenters. The Kier molecular flexibility index (Phi) is 5.15. The Morgan fingerprint density at radius 1 is 1.24 bits per heavy atom. The van der Waals surface area contributed by atoms with E-state index in [1.165, 1.54) is 0 Å². The number of hydrogen-bond acceptors (Lipinski definition) is 5. The van der Waals surface area contributed by atoms with Crippen LogP contribution in [0.1, 0.15) is 22.8 Å². The monoisotopic (exact) mass is 287 g/mol. The summed E-state index contributed by atoms with van der Waals surface area (Å²) >= 11 is 0. The molecule has 5 nitrogen and oxygen atoms in total. The lowest BCUT2D eigenvalue weighted by Crippen LogP contribution is -2.06. The predicted molar refractivity (Wildman–Crippen MR) is 77.5 cm³/mol. The average molecular weight is 287 g/mol. The van der Waals surface area contributed by atoms with E-state index < -0.39 is 0 Å². The first kappa shape index (κ1) is 14.8. The molecule has 5 heteroatoms. The van der Waals surface area contributed by atoms with Crippen molar-refractivity contribution < 1.29 is 19.0 Å². The highest BCUT2D eigenvalue weighted by Gasteiger charge is 2.12. The van der Waals surface area contributed by atoms with Crippen LogP contribution in [0.5, 0.6) is 11.5 Å². The van der Waals surface area contributed by atoms with Crippen LogP contribution in [0.15, 0.2) is 42.7 Å². The zero-order valence-corrected chi connectivity index (χ0v) is 12.0. The van der Waals surface area contributed by atoms with Gasteiger partial charge in [0.25, 0.3) is 0 Å². The van der Waals surface area contributed by atoms with Crippen molar-refractivity contribution in [2.45, 2.75) is 13.5 Å². The van der Waals surface area contributed by atoms with Gasteiger partial charge in [-0.15, -0.1) is 0 Å². The van der Waals surface area contributed by atoms with Gasteiger partial charge in [0.2, 0.25) is 0 Å². The van der Waals surface area contributed by atoms with Crippen LogP contribution in [0.4, 0.5) is 0 Å². The summed E-state index contributed by atoms with van der Waals surface area (Å²) in [5.74, 6) is 0.672. The molecule has 21 heavy (non-hydrogen) atoms. The zero-order chi connectivity index (χ0) is 15.1. The number of rotatable bonds is 6. The van der Waals surface area contributed by atoms with E-state index in [1.807, 2.05) is 12.1 Å². The van der Waals surface area contributed by atoms with E-state index in [4.69, 9.17) is 14.2 Å². The summed E-state index contributed by atoms with van der Waals surface area (Å²) in [6, 6.07) is 8.70.